The minimum Gasteiger partial charge on any atom is -0.399 e. The minimum atomic E-state index is -4.58. The summed E-state index contributed by atoms with van der Waals surface area (Å²) in [5.74, 6) is -0.639. The van der Waals surface area contributed by atoms with Crippen LogP contribution in [-0.4, -0.2) is 35.0 Å². The number of aromatic nitrogens is 1. The summed E-state index contributed by atoms with van der Waals surface area (Å²) in [6.45, 7) is 8.16. The van der Waals surface area contributed by atoms with E-state index in [0.29, 0.717) is 10.3 Å². The monoisotopic (exact) mass is 436 g/mol. The molecule has 1 aliphatic heterocycles. The third-order valence-electron chi connectivity index (χ3n) is 5.64. The summed E-state index contributed by atoms with van der Waals surface area (Å²) < 4.78 is 50.6. The van der Waals surface area contributed by atoms with Crippen LogP contribution in [0.25, 0.3) is 0 Å². The molecule has 1 N–H and O–H groups in total. The number of alkyl halides is 3. The highest BCUT2D eigenvalue weighted by Crippen LogP contribution is 2.36. The number of pyridine rings is 1. The lowest BCUT2D eigenvalue weighted by Gasteiger charge is -2.32. The first-order valence-corrected chi connectivity index (χ1v) is 9.73. The number of anilines is 1. The van der Waals surface area contributed by atoms with E-state index in [4.69, 9.17) is 9.31 Å². The minimum absolute atomic E-state index is 0.0680. The van der Waals surface area contributed by atoms with Crippen LogP contribution in [0.2, 0.25) is 0 Å². The van der Waals surface area contributed by atoms with Crippen LogP contribution in [-0.2, 0) is 15.9 Å². The Kier molecular flexibility index (Phi) is 5.83. The van der Waals surface area contributed by atoms with Crippen molar-refractivity contribution in [2.75, 3.05) is 5.32 Å². The molecule has 3 rings (SSSR count). The molecular formula is C21H24BF3N2O4. The SMILES string of the molecule is Cc1ccc(NC(=O)c2ccc(=O)n(CC(F)(F)F)c2)cc1B1OC(C)(C)C(C)(C)O1. The van der Waals surface area contributed by atoms with Gasteiger partial charge < -0.3 is 19.2 Å². The van der Waals surface area contributed by atoms with E-state index in [1.54, 1.807) is 18.2 Å². The van der Waals surface area contributed by atoms with E-state index < -0.39 is 42.5 Å². The fraction of sp³-hybridized carbons (Fsp3) is 0.429. The summed E-state index contributed by atoms with van der Waals surface area (Å²) in [6, 6.07) is 7.30. The molecule has 2 heterocycles. The number of rotatable bonds is 4. The summed E-state index contributed by atoms with van der Waals surface area (Å²) in [5, 5.41) is 2.65. The van der Waals surface area contributed by atoms with Crippen molar-refractivity contribution in [2.45, 2.75) is 58.5 Å². The molecule has 0 radical (unpaired) electrons. The van der Waals surface area contributed by atoms with Gasteiger partial charge in [0.15, 0.2) is 0 Å². The molecule has 31 heavy (non-hydrogen) atoms. The van der Waals surface area contributed by atoms with Crippen molar-refractivity contribution in [3.8, 4) is 0 Å². The molecule has 1 aromatic carbocycles. The Morgan fingerprint density at radius 1 is 1.10 bits per heavy atom. The summed E-state index contributed by atoms with van der Waals surface area (Å²) in [5.41, 5.74) is 0.0851. The van der Waals surface area contributed by atoms with Gasteiger partial charge in [-0.1, -0.05) is 11.6 Å². The largest absolute Gasteiger partial charge is 0.495 e. The number of benzene rings is 1. The van der Waals surface area contributed by atoms with Crippen molar-refractivity contribution >= 4 is 24.2 Å². The van der Waals surface area contributed by atoms with E-state index in [2.05, 4.69) is 5.32 Å². The first kappa shape index (κ1) is 23.1. The molecule has 0 spiro atoms. The number of halogens is 3. The maximum absolute atomic E-state index is 12.7. The predicted molar refractivity (Wildman–Crippen MR) is 112 cm³/mol. The van der Waals surface area contributed by atoms with E-state index in [0.717, 1.165) is 23.3 Å². The zero-order chi connectivity index (χ0) is 23.2. The molecule has 166 valence electrons. The highest BCUT2D eigenvalue weighted by atomic mass is 19.4. The number of nitrogens with zero attached hydrogens (tertiary/aromatic N) is 1. The molecule has 0 unspecified atom stereocenters. The Bertz CT molecular complexity index is 1050. The molecule has 6 nitrogen and oxygen atoms in total. The maximum atomic E-state index is 12.7. The Balaban J connectivity index is 1.83. The van der Waals surface area contributed by atoms with Crippen LogP contribution in [0.4, 0.5) is 18.9 Å². The summed E-state index contributed by atoms with van der Waals surface area (Å²) >= 11 is 0. The molecule has 1 fully saturated rings. The first-order valence-electron chi connectivity index (χ1n) is 9.73. The molecule has 10 heteroatoms. The third-order valence-corrected chi connectivity index (χ3v) is 5.64. The quantitative estimate of drug-likeness (QED) is 0.748. The van der Waals surface area contributed by atoms with Gasteiger partial charge >= 0.3 is 13.3 Å². The van der Waals surface area contributed by atoms with E-state index in [1.807, 2.05) is 34.6 Å². The van der Waals surface area contributed by atoms with Gasteiger partial charge in [-0.2, -0.15) is 13.2 Å². The number of hydrogen-bond donors (Lipinski definition) is 1. The highest BCUT2D eigenvalue weighted by molar-refractivity contribution is 6.62. The maximum Gasteiger partial charge on any atom is 0.495 e. The number of nitrogens with one attached hydrogen (secondary N) is 1. The second kappa shape index (κ2) is 7.83. The van der Waals surface area contributed by atoms with Crippen molar-refractivity contribution in [3.05, 3.63) is 58.0 Å². The number of carbonyl (C=O) groups is 1. The van der Waals surface area contributed by atoms with Crippen LogP contribution in [0.3, 0.4) is 0 Å². The first-order chi connectivity index (χ1) is 14.2. The molecule has 1 amide bonds. The second-order valence-corrected chi connectivity index (χ2v) is 8.61. The molecule has 1 saturated heterocycles. The molecule has 0 bridgehead atoms. The molecule has 2 aromatic rings. The molecular weight excluding hydrogens is 412 g/mol. The molecule has 0 atom stereocenters. The Hall–Kier alpha value is -2.59. The van der Waals surface area contributed by atoms with Gasteiger partial charge in [-0.15, -0.1) is 0 Å². The van der Waals surface area contributed by atoms with Crippen molar-refractivity contribution < 1.29 is 27.3 Å². The van der Waals surface area contributed by atoms with Crippen molar-refractivity contribution in [2.24, 2.45) is 0 Å². The van der Waals surface area contributed by atoms with Gasteiger partial charge in [0.2, 0.25) is 0 Å². The fourth-order valence-corrected chi connectivity index (χ4v) is 3.13. The topological polar surface area (TPSA) is 69.6 Å². The zero-order valence-corrected chi connectivity index (χ0v) is 18.0. The number of aryl methyl sites for hydroxylation is 1. The Labute approximate surface area is 178 Å². The van der Waals surface area contributed by atoms with Crippen molar-refractivity contribution in [1.29, 1.82) is 0 Å². The van der Waals surface area contributed by atoms with E-state index >= 15 is 0 Å². The van der Waals surface area contributed by atoms with Gasteiger partial charge in [-0.3, -0.25) is 9.59 Å². The van der Waals surface area contributed by atoms with E-state index in [-0.39, 0.29) is 5.56 Å². The standard InChI is InChI=1S/C21H24BF3N2O4/c1-13-6-8-15(10-16(13)22-30-19(2,3)20(4,5)31-22)26-18(29)14-7-9-17(28)27(11-14)12-21(23,24)25/h6-11H,12H2,1-5H3,(H,26,29). The van der Waals surface area contributed by atoms with Gasteiger partial charge in [-0.05, 0) is 58.3 Å². The molecule has 0 saturated carbocycles. The summed E-state index contributed by atoms with van der Waals surface area (Å²) in [6.07, 6.45) is -3.68. The van der Waals surface area contributed by atoms with Gasteiger partial charge in [-0.25, -0.2) is 0 Å². The highest BCUT2D eigenvalue weighted by Gasteiger charge is 2.52. The lowest BCUT2D eigenvalue weighted by Crippen LogP contribution is -2.41. The smallest absolute Gasteiger partial charge is 0.399 e. The van der Waals surface area contributed by atoms with Crippen LogP contribution in [0.1, 0.15) is 43.6 Å². The number of hydrogen-bond acceptors (Lipinski definition) is 4. The van der Waals surface area contributed by atoms with E-state index in [9.17, 15) is 22.8 Å². The van der Waals surface area contributed by atoms with Gasteiger partial charge in [0.25, 0.3) is 11.5 Å². The third kappa shape index (κ3) is 5.02. The van der Waals surface area contributed by atoms with Crippen LogP contribution < -0.4 is 16.3 Å². The normalized spacial score (nSPS) is 17.6. The number of carbonyl (C=O) groups excluding carboxylic acids is 1. The van der Waals surface area contributed by atoms with Crippen LogP contribution in [0, 0.1) is 6.92 Å². The lowest BCUT2D eigenvalue weighted by atomic mass is 9.76. The number of amides is 1. The van der Waals surface area contributed by atoms with Gasteiger partial charge in [0.05, 0.1) is 16.8 Å². The predicted octanol–water partition coefficient (Wildman–Crippen LogP) is 3.27. The Morgan fingerprint density at radius 3 is 2.29 bits per heavy atom. The van der Waals surface area contributed by atoms with Crippen LogP contribution in [0.5, 0.6) is 0 Å². The van der Waals surface area contributed by atoms with Crippen molar-refractivity contribution in [3.63, 3.8) is 0 Å². The van der Waals surface area contributed by atoms with Gasteiger partial charge in [0, 0.05) is 18.0 Å². The molecule has 1 aromatic heterocycles. The van der Waals surface area contributed by atoms with E-state index in [1.165, 1.54) is 6.07 Å². The van der Waals surface area contributed by atoms with Crippen LogP contribution in [0.15, 0.2) is 41.3 Å². The molecule has 1 aliphatic rings. The average Bonchev–Trinajstić information content (AvgIpc) is 2.84. The Morgan fingerprint density at radius 2 is 1.71 bits per heavy atom. The van der Waals surface area contributed by atoms with Crippen LogP contribution >= 0.6 is 0 Å². The molecule has 0 aliphatic carbocycles. The average molecular weight is 436 g/mol. The second-order valence-electron chi connectivity index (χ2n) is 8.61. The summed E-state index contributed by atoms with van der Waals surface area (Å²) in [4.78, 5) is 24.3. The zero-order valence-electron chi connectivity index (χ0n) is 18.0. The fourth-order valence-electron chi connectivity index (χ4n) is 3.13. The summed E-state index contributed by atoms with van der Waals surface area (Å²) in [7, 11) is -0.629. The van der Waals surface area contributed by atoms with Gasteiger partial charge in [0.1, 0.15) is 6.54 Å². The van der Waals surface area contributed by atoms with Crippen molar-refractivity contribution in [1.82, 2.24) is 4.57 Å². The lowest BCUT2D eigenvalue weighted by molar-refractivity contribution is -0.141.